The number of hydrogen-bond donors (Lipinski definition) is 1. The highest BCUT2D eigenvalue weighted by Crippen LogP contribution is 2.48. The Hall–Kier alpha value is -3.31. The summed E-state index contributed by atoms with van der Waals surface area (Å²) in [5, 5.41) is 9.30. The molecule has 2 saturated heterocycles. The third-order valence-electron chi connectivity index (χ3n) is 8.25. The second-order valence-corrected chi connectivity index (χ2v) is 13.4. The van der Waals surface area contributed by atoms with Crippen molar-refractivity contribution in [3.63, 3.8) is 0 Å². The molecular formula is C29H32N4O3S. The number of piperidine rings is 1. The molecule has 1 spiro atoms. The van der Waals surface area contributed by atoms with Gasteiger partial charge in [-0.3, -0.25) is 4.79 Å². The number of anilines is 1. The monoisotopic (exact) mass is 516 g/mol. The van der Waals surface area contributed by atoms with E-state index in [1.165, 1.54) is 11.3 Å². The molecule has 0 saturated carbocycles. The Kier molecular flexibility index (Phi) is 5.10. The normalized spacial score (nSPS) is 19.8. The van der Waals surface area contributed by atoms with Crippen LogP contribution in [0.2, 0.25) is 0 Å². The third kappa shape index (κ3) is 3.74. The first-order valence-electron chi connectivity index (χ1n) is 12.9. The topological polar surface area (TPSA) is 89.4 Å². The van der Waals surface area contributed by atoms with Gasteiger partial charge in [0.05, 0.1) is 15.8 Å². The lowest BCUT2D eigenvalue weighted by atomic mass is 9.70. The number of benzene rings is 1. The lowest BCUT2D eigenvalue weighted by Crippen LogP contribution is -2.61. The number of aromatic amines is 1. The van der Waals surface area contributed by atoms with Crippen LogP contribution < -0.4 is 4.90 Å². The number of amides is 1. The summed E-state index contributed by atoms with van der Waals surface area (Å²) in [4.78, 5) is 34.4. The minimum absolute atomic E-state index is 0.0306. The van der Waals surface area contributed by atoms with Gasteiger partial charge in [0.2, 0.25) is 0 Å². The zero-order valence-electron chi connectivity index (χ0n) is 22.0. The van der Waals surface area contributed by atoms with Gasteiger partial charge in [0.25, 0.3) is 0 Å². The Morgan fingerprint density at radius 1 is 1.16 bits per heavy atom. The quantitative estimate of drug-likeness (QED) is 0.441. The summed E-state index contributed by atoms with van der Waals surface area (Å²) in [6, 6.07) is 10.3. The van der Waals surface area contributed by atoms with Crippen LogP contribution in [0.1, 0.15) is 79.5 Å². The molecule has 3 aliphatic rings. The van der Waals surface area contributed by atoms with E-state index in [-0.39, 0.29) is 22.7 Å². The van der Waals surface area contributed by atoms with Gasteiger partial charge < -0.3 is 19.5 Å². The maximum absolute atomic E-state index is 13.6. The van der Waals surface area contributed by atoms with Gasteiger partial charge in [0.1, 0.15) is 16.5 Å². The number of ketones is 1. The van der Waals surface area contributed by atoms with E-state index < -0.39 is 5.60 Å². The number of hydrogen-bond acceptors (Lipinski definition) is 6. The standard InChI is InChI=1S/C29H32N4O3S/c1-27(2,3)36-26(35)32-10-8-29(9-11-32)15-33(16-29)17-6-7-19-20(12-17)28(4,5)25-22(23(19)34)24-21(31-25)13-18(14-30)37-24/h6-7,12-13,31H,8-11,15-16H2,1-5H3. The average Bonchev–Trinajstić information content (AvgIpc) is 3.38. The smallest absolute Gasteiger partial charge is 0.410 e. The molecule has 6 rings (SSSR count). The highest BCUT2D eigenvalue weighted by molar-refractivity contribution is 7.20. The minimum Gasteiger partial charge on any atom is -0.444 e. The van der Waals surface area contributed by atoms with Gasteiger partial charge in [-0.25, -0.2) is 4.79 Å². The number of carbonyl (C=O) groups excluding carboxylic acids is 2. The number of fused-ring (bicyclic) bond motifs is 4. The number of H-pyrrole nitrogens is 1. The van der Waals surface area contributed by atoms with Gasteiger partial charge in [0.15, 0.2) is 5.78 Å². The van der Waals surface area contributed by atoms with E-state index in [9.17, 15) is 14.9 Å². The fourth-order valence-electron chi connectivity index (χ4n) is 6.19. The summed E-state index contributed by atoms with van der Waals surface area (Å²) >= 11 is 1.38. The van der Waals surface area contributed by atoms with Gasteiger partial charge in [-0.1, -0.05) is 13.8 Å². The Morgan fingerprint density at radius 3 is 2.51 bits per heavy atom. The summed E-state index contributed by atoms with van der Waals surface area (Å²) in [6.45, 7) is 13.4. The molecule has 1 aliphatic carbocycles. The molecule has 2 aliphatic heterocycles. The van der Waals surface area contributed by atoms with Crippen LogP contribution in [-0.2, 0) is 10.2 Å². The van der Waals surface area contributed by atoms with Gasteiger partial charge in [-0.2, -0.15) is 5.26 Å². The summed E-state index contributed by atoms with van der Waals surface area (Å²) in [5.74, 6) is 0.0306. The van der Waals surface area contributed by atoms with Crippen molar-refractivity contribution in [2.75, 3.05) is 31.1 Å². The van der Waals surface area contributed by atoms with Crippen molar-refractivity contribution in [3.8, 4) is 6.07 Å². The number of likely N-dealkylation sites (tertiary alicyclic amines) is 1. The number of carbonyl (C=O) groups is 2. The molecule has 1 amide bonds. The summed E-state index contributed by atoms with van der Waals surface area (Å²) in [6.07, 6.45) is 1.74. The van der Waals surface area contributed by atoms with E-state index in [4.69, 9.17) is 4.74 Å². The highest BCUT2D eigenvalue weighted by Gasteiger charge is 2.47. The van der Waals surface area contributed by atoms with Crippen LogP contribution in [0.5, 0.6) is 0 Å². The van der Waals surface area contributed by atoms with Crippen molar-refractivity contribution in [3.05, 3.63) is 51.5 Å². The molecule has 3 aromatic rings. The van der Waals surface area contributed by atoms with Crippen LogP contribution in [-0.4, -0.2) is 53.5 Å². The molecule has 7 nitrogen and oxygen atoms in total. The summed E-state index contributed by atoms with van der Waals surface area (Å²) in [5.41, 5.74) is 4.83. The number of thiophene rings is 1. The fraction of sp³-hybridized carbons (Fsp3) is 0.483. The SMILES string of the molecule is CC(C)(C)OC(=O)N1CCC2(CC1)CN(c1ccc3c(c1)C(C)(C)c1[nH]c4cc(C#N)sc4c1C3=O)C2. The number of nitriles is 1. The largest absolute Gasteiger partial charge is 0.444 e. The van der Waals surface area contributed by atoms with E-state index in [0.717, 1.165) is 71.7 Å². The molecule has 4 heterocycles. The Balaban J connectivity index is 1.20. The minimum atomic E-state index is -0.475. The molecule has 192 valence electrons. The molecule has 0 unspecified atom stereocenters. The number of nitrogens with zero attached hydrogens (tertiary/aromatic N) is 3. The van der Waals surface area contributed by atoms with Crippen LogP contribution in [0, 0.1) is 16.7 Å². The maximum atomic E-state index is 13.6. The molecule has 37 heavy (non-hydrogen) atoms. The van der Waals surface area contributed by atoms with Crippen LogP contribution in [0.4, 0.5) is 10.5 Å². The molecule has 1 N–H and O–H groups in total. The Bertz CT molecular complexity index is 1480. The molecule has 0 radical (unpaired) electrons. The first-order valence-corrected chi connectivity index (χ1v) is 13.7. The molecule has 1 aromatic carbocycles. The van der Waals surface area contributed by atoms with Crippen molar-refractivity contribution in [2.24, 2.45) is 5.41 Å². The van der Waals surface area contributed by atoms with Crippen molar-refractivity contribution in [1.29, 1.82) is 5.26 Å². The first kappa shape index (κ1) is 24.1. The van der Waals surface area contributed by atoms with Crippen molar-refractivity contribution >= 4 is 39.1 Å². The predicted molar refractivity (Wildman–Crippen MR) is 145 cm³/mol. The van der Waals surface area contributed by atoms with Crippen LogP contribution in [0.3, 0.4) is 0 Å². The highest BCUT2D eigenvalue weighted by atomic mass is 32.1. The van der Waals surface area contributed by atoms with E-state index in [2.05, 4.69) is 41.9 Å². The number of aromatic nitrogens is 1. The lowest BCUT2D eigenvalue weighted by molar-refractivity contribution is 0.00597. The van der Waals surface area contributed by atoms with Crippen molar-refractivity contribution in [2.45, 2.75) is 58.5 Å². The van der Waals surface area contributed by atoms with Gasteiger partial charge >= 0.3 is 6.09 Å². The van der Waals surface area contributed by atoms with Gasteiger partial charge in [-0.15, -0.1) is 11.3 Å². The Labute approximate surface area is 221 Å². The van der Waals surface area contributed by atoms with Gasteiger partial charge in [0, 0.05) is 54.0 Å². The van der Waals surface area contributed by atoms with E-state index >= 15 is 0 Å². The fourth-order valence-corrected chi connectivity index (χ4v) is 7.15. The first-order chi connectivity index (χ1) is 17.4. The Morgan fingerprint density at radius 2 is 1.86 bits per heavy atom. The summed E-state index contributed by atoms with van der Waals surface area (Å²) < 4.78 is 6.43. The molecule has 8 heteroatoms. The van der Waals surface area contributed by atoms with E-state index in [0.29, 0.717) is 10.4 Å². The molecule has 0 bridgehead atoms. The average molecular weight is 517 g/mol. The summed E-state index contributed by atoms with van der Waals surface area (Å²) in [7, 11) is 0. The third-order valence-corrected chi connectivity index (χ3v) is 9.30. The predicted octanol–water partition coefficient (Wildman–Crippen LogP) is 5.81. The lowest BCUT2D eigenvalue weighted by Gasteiger charge is -2.55. The zero-order valence-corrected chi connectivity index (χ0v) is 22.8. The van der Waals surface area contributed by atoms with Crippen LogP contribution in [0.25, 0.3) is 10.2 Å². The number of rotatable bonds is 1. The molecule has 0 atom stereocenters. The molecule has 2 aromatic heterocycles. The van der Waals surface area contributed by atoms with E-state index in [1.54, 1.807) is 0 Å². The number of nitrogens with one attached hydrogen (secondary N) is 1. The van der Waals surface area contributed by atoms with Crippen LogP contribution in [0.15, 0.2) is 24.3 Å². The second kappa shape index (κ2) is 7.84. The van der Waals surface area contributed by atoms with Crippen LogP contribution >= 0.6 is 11.3 Å². The van der Waals surface area contributed by atoms with Crippen molar-refractivity contribution in [1.82, 2.24) is 9.88 Å². The maximum Gasteiger partial charge on any atom is 0.410 e. The number of ether oxygens (including phenoxy) is 1. The molecular weight excluding hydrogens is 484 g/mol. The zero-order chi connectivity index (χ0) is 26.3. The second-order valence-electron chi connectivity index (χ2n) is 12.3. The van der Waals surface area contributed by atoms with E-state index in [1.807, 2.05) is 37.8 Å². The van der Waals surface area contributed by atoms with Crippen molar-refractivity contribution < 1.29 is 14.3 Å². The van der Waals surface area contributed by atoms with Gasteiger partial charge in [-0.05, 0) is 63.4 Å². The molecule has 2 fully saturated rings.